The smallest absolute Gasteiger partial charge is 0.338 e. The molecule has 0 fully saturated rings. The number of hydrogen-bond acceptors (Lipinski definition) is 4. The molecule has 0 aliphatic rings. The van der Waals surface area contributed by atoms with Crippen molar-refractivity contribution in [3.05, 3.63) is 59.1 Å². The summed E-state index contributed by atoms with van der Waals surface area (Å²) in [4.78, 5) is 23.5. The lowest BCUT2D eigenvalue weighted by Gasteiger charge is -2.08. The second kappa shape index (κ2) is 8.93. The van der Waals surface area contributed by atoms with E-state index in [0.29, 0.717) is 35.8 Å². The summed E-state index contributed by atoms with van der Waals surface area (Å²) in [5.74, 6) is -0.491. The van der Waals surface area contributed by atoms with Gasteiger partial charge in [-0.1, -0.05) is 17.7 Å². The van der Waals surface area contributed by atoms with Crippen molar-refractivity contribution in [2.75, 3.05) is 23.8 Å². The van der Waals surface area contributed by atoms with Crippen LogP contribution in [-0.2, 0) is 9.53 Å². The lowest BCUT2D eigenvalue weighted by Crippen LogP contribution is -2.16. The molecule has 126 valence electrons. The highest BCUT2D eigenvalue weighted by Crippen LogP contribution is 2.15. The van der Waals surface area contributed by atoms with E-state index in [4.69, 9.17) is 16.3 Å². The average molecular weight is 347 g/mol. The fraction of sp³-hybridized carbons (Fsp3) is 0.222. The minimum absolute atomic E-state index is 0.117. The molecule has 0 unspecified atom stereocenters. The molecule has 2 aromatic rings. The molecule has 5 nitrogen and oxygen atoms in total. The zero-order chi connectivity index (χ0) is 17.4. The van der Waals surface area contributed by atoms with Gasteiger partial charge in [0.25, 0.3) is 0 Å². The molecule has 0 radical (unpaired) electrons. The fourth-order valence-corrected chi connectivity index (χ4v) is 2.24. The Hall–Kier alpha value is -2.53. The van der Waals surface area contributed by atoms with Gasteiger partial charge >= 0.3 is 5.97 Å². The van der Waals surface area contributed by atoms with Gasteiger partial charge in [0.2, 0.25) is 5.91 Å². The lowest BCUT2D eigenvalue weighted by atomic mass is 10.2. The Morgan fingerprint density at radius 1 is 1.08 bits per heavy atom. The number of rotatable bonds is 7. The number of amides is 1. The van der Waals surface area contributed by atoms with E-state index in [-0.39, 0.29) is 11.9 Å². The number of benzene rings is 2. The number of nitrogens with one attached hydrogen (secondary N) is 2. The van der Waals surface area contributed by atoms with Crippen LogP contribution in [0.5, 0.6) is 0 Å². The molecule has 6 heteroatoms. The molecule has 1 amide bonds. The van der Waals surface area contributed by atoms with Crippen LogP contribution in [0, 0.1) is 0 Å². The molecule has 0 aliphatic carbocycles. The van der Waals surface area contributed by atoms with Crippen molar-refractivity contribution in [3.63, 3.8) is 0 Å². The van der Waals surface area contributed by atoms with Crippen molar-refractivity contribution in [2.45, 2.75) is 13.3 Å². The summed E-state index contributed by atoms with van der Waals surface area (Å²) >= 11 is 5.90. The molecule has 0 saturated carbocycles. The molecule has 0 atom stereocenters. The number of halogens is 1. The monoisotopic (exact) mass is 346 g/mol. The van der Waals surface area contributed by atoms with E-state index in [9.17, 15) is 9.59 Å². The zero-order valence-electron chi connectivity index (χ0n) is 13.3. The van der Waals surface area contributed by atoms with Crippen molar-refractivity contribution < 1.29 is 14.3 Å². The van der Waals surface area contributed by atoms with Gasteiger partial charge in [-0.05, 0) is 49.4 Å². The quantitative estimate of drug-likeness (QED) is 0.745. The molecule has 0 spiro atoms. The third-order valence-corrected chi connectivity index (χ3v) is 3.42. The first-order valence-electron chi connectivity index (χ1n) is 7.65. The Balaban J connectivity index is 1.78. The van der Waals surface area contributed by atoms with Crippen molar-refractivity contribution in [1.29, 1.82) is 0 Å². The van der Waals surface area contributed by atoms with Gasteiger partial charge in [-0.15, -0.1) is 0 Å². The van der Waals surface area contributed by atoms with Gasteiger partial charge in [0.05, 0.1) is 12.2 Å². The topological polar surface area (TPSA) is 67.4 Å². The summed E-state index contributed by atoms with van der Waals surface area (Å²) in [5.41, 5.74) is 1.96. The van der Waals surface area contributed by atoms with Crippen LogP contribution in [0.25, 0.3) is 0 Å². The van der Waals surface area contributed by atoms with Crippen LogP contribution in [0.2, 0.25) is 5.02 Å². The van der Waals surface area contributed by atoms with Crippen molar-refractivity contribution in [3.8, 4) is 0 Å². The fourth-order valence-electron chi connectivity index (χ4n) is 2.05. The Kier molecular flexibility index (Phi) is 6.63. The largest absolute Gasteiger partial charge is 0.462 e. The van der Waals surface area contributed by atoms with Crippen molar-refractivity contribution in [2.24, 2.45) is 0 Å². The number of esters is 1. The molecule has 0 aromatic heterocycles. The highest BCUT2D eigenvalue weighted by Gasteiger charge is 2.07. The van der Waals surface area contributed by atoms with E-state index in [1.165, 1.54) is 0 Å². The number of ether oxygens (including phenoxy) is 1. The maximum absolute atomic E-state index is 11.9. The molecule has 0 bridgehead atoms. The first-order chi connectivity index (χ1) is 11.6. The minimum atomic E-state index is -0.374. The average Bonchev–Trinajstić information content (AvgIpc) is 2.56. The molecule has 0 aliphatic heterocycles. The normalized spacial score (nSPS) is 10.1. The van der Waals surface area contributed by atoms with Crippen LogP contribution in [0.15, 0.2) is 48.5 Å². The number of hydrogen-bond donors (Lipinski definition) is 2. The summed E-state index contributed by atoms with van der Waals surface area (Å²) in [6, 6.07) is 13.9. The first kappa shape index (κ1) is 17.8. The standard InChI is InChI=1S/C18H19ClN2O3/c1-2-24-18(23)13-6-8-15(9-7-13)21-17(22)10-11-20-16-5-3-4-14(19)12-16/h3-9,12,20H,2,10-11H2,1H3,(H,21,22). The van der Waals surface area contributed by atoms with Crippen molar-refractivity contribution in [1.82, 2.24) is 0 Å². The Morgan fingerprint density at radius 2 is 1.83 bits per heavy atom. The first-order valence-corrected chi connectivity index (χ1v) is 8.02. The molecular weight excluding hydrogens is 328 g/mol. The second-order valence-electron chi connectivity index (χ2n) is 5.03. The van der Waals surface area contributed by atoms with Gasteiger partial charge in [0.15, 0.2) is 0 Å². The summed E-state index contributed by atoms with van der Waals surface area (Å²) in [7, 11) is 0. The lowest BCUT2D eigenvalue weighted by molar-refractivity contribution is -0.115. The number of carbonyl (C=O) groups is 2. The number of carbonyl (C=O) groups excluding carboxylic acids is 2. The number of anilines is 2. The molecule has 2 rings (SSSR count). The van der Waals surface area contributed by atoms with E-state index in [0.717, 1.165) is 5.69 Å². The summed E-state index contributed by atoms with van der Waals surface area (Å²) in [6.07, 6.45) is 0.312. The van der Waals surface area contributed by atoms with E-state index < -0.39 is 0 Å². The minimum Gasteiger partial charge on any atom is -0.462 e. The molecule has 0 heterocycles. The second-order valence-corrected chi connectivity index (χ2v) is 5.47. The summed E-state index contributed by atoms with van der Waals surface area (Å²) in [6.45, 7) is 2.58. The molecule has 24 heavy (non-hydrogen) atoms. The predicted octanol–water partition coefficient (Wildman–Crippen LogP) is 3.96. The third-order valence-electron chi connectivity index (χ3n) is 3.19. The summed E-state index contributed by atoms with van der Waals surface area (Å²) < 4.78 is 4.91. The van der Waals surface area contributed by atoms with Gasteiger partial charge in [0, 0.05) is 29.4 Å². The Morgan fingerprint density at radius 3 is 2.50 bits per heavy atom. The highest BCUT2D eigenvalue weighted by molar-refractivity contribution is 6.30. The SMILES string of the molecule is CCOC(=O)c1ccc(NC(=O)CCNc2cccc(Cl)c2)cc1. The maximum atomic E-state index is 11.9. The van der Waals surface area contributed by atoms with Gasteiger partial charge in [-0.2, -0.15) is 0 Å². The molecule has 2 aromatic carbocycles. The van der Waals surface area contributed by atoms with E-state index in [1.54, 1.807) is 43.3 Å². The van der Waals surface area contributed by atoms with Crippen LogP contribution >= 0.6 is 11.6 Å². The highest BCUT2D eigenvalue weighted by atomic mass is 35.5. The van der Waals surface area contributed by atoms with Gasteiger partial charge in [0.1, 0.15) is 0 Å². The summed E-state index contributed by atoms with van der Waals surface area (Å²) in [5, 5.41) is 6.56. The molecule has 2 N–H and O–H groups in total. The molecule has 0 saturated heterocycles. The third kappa shape index (κ3) is 5.59. The van der Waals surface area contributed by atoms with Crippen molar-refractivity contribution >= 4 is 34.9 Å². The van der Waals surface area contributed by atoms with Gasteiger partial charge < -0.3 is 15.4 Å². The van der Waals surface area contributed by atoms with Crippen LogP contribution in [-0.4, -0.2) is 25.0 Å². The van der Waals surface area contributed by atoms with Gasteiger partial charge in [-0.25, -0.2) is 4.79 Å². The zero-order valence-corrected chi connectivity index (χ0v) is 14.1. The van der Waals surface area contributed by atoms with Crippen LogP contribution in [0.4, 0.5) is 11.4 Å². The predicted molar refractivity (Wildman–Crippen MR) is 95.6 cm³/mol. The van der Waals surface area contributed by atoms with E-state index in [1.807, 2.05) is 12.1 Å². The Labute approximate surface area is 146 Å². The maximum Gasteiger partial charge on any atom is 0.338 e. The van der Waals surface area contributed by atoms with Crippen LogP contribution < -0.4 is 10.6 Å². The molecular formula is C18H19ClN2O3. The van der Waals surface area contributed by atoms with E-state index >= 15 is 0 Å². The van der Waals surface area contributed by atoms with Crippen LogP contribution in [0.3, 0.4) is 0 Å². The Bertz CT molecular complexity index is 702. The van der Waals surface area contributed by atoms with Crippen LogP contribution in [0.1, 0.15) is 23.7 Å². The van der Waals surface area contributed by atoms with Gasteiger partial charge in [-0.3, -0.25) is 4.79 Å². The van der Waals surface area contributed by atoms with E-state index in [2.05, 4.69) is 10.6 Å².